The predicted molar refractivity (Wildman–Crippen MR) is 111 cm³/mol. The van der Waals surface area contributed by atoms with Crippen molar-refractivity contribution in [2.45, 2.75) is 39.3 Å². The maximum Gasteiger partial charge on any atom is 0.272 e. The number of methoxy groups -OCH3 is 1. The molecule has 1 fully saturated rings. The minimum atomic E-state index is -0.0680. The highest BCUT2D eigenvalue weighted by Gasteiger charge is 2.25. The van der Waals surface area contributed by atoms with Crippen molar-refractivity contribution in [1.82, 2.24) is 14.8 Å². The van der Waals surface area contributed by atoms with Crippen LogP contribution in [0.4, 0.5) is 0 Å². The van der Waals surface area contributed by atoms with Crippen molar-refractivity contribution in [2.24, 2.45) is 0 Å². The van der Waals surface area contributed by atoms with E-state index < -0.39 is 0 Å². The Morgan fingerprint density at radius 1 is 1.32 bits per heavy atom. The lowest BCUT2D eigenvalue weighted by molar-refractivity contribution is 0.0701. The smallest absolute Gasteiger partial charge is 0.272 e. The van der Waals surface area contributed by atoms with Gasteiger partial charge in [-0.25, -0.2) is 4.98 Å². The highest BCUT2D eigenvalue weighted by molar-refractivity contribution is 5.95. The van der Waals surface area contributed by atoms with Gasteiger partial charge >= 0.3 is 0 Å². The zero-order chi connectivity index (χ0) is 20.1. The van der Waals surface area contributed by atoms with Crippen LogP contribution < -0.4 is 4.74 Å². The minimum Gasteiger partial charge on any atom is -0.489 e. The molecule has 152 valence electrons. The molecule has 3 rings (SSSR count). The highest BCUT2D eigenvalue weighted by atomic mass is 16.5. The Hall–Kier alpha value is -2.18. The summed E-state index contributed by atoms with van der Waals surface area (Å²) in [4.78, 5) is 21.4. The number of likely N-dealkylation sites (N-methyl/N-ethyl adjacent to an activating group) is 1. The summed E-state index contributed by atoms with van der Waals surface area (Å²) in [7, 11) is 1.64. The predicted octanol–water partition coefficient (Wildman–Crippen LogP) is 3.20. The molecule has 0 radical (unpaired) electrons. The Bertz CT molecular complexity index is 809. The van der Waals surface area contributed by atoms with Crippen molar-refractivity contribution in [2.75, 3.05) is 39.9 Å². The fraction of sp³-hybridized carbons (Fsp3) is 0.545. The summed E-state index contributed by atoms with van der Waals surface area (Å²) in [5.74, 6) is 0.792. The fourth-order valence-electron chi connectivity index (χ4n) is 3.57. The van der Waals surface area contributed by atoms with Gasteiger partial charge in [-0.15, -0.1) is 0 Å². The van der Waals surface area contributed by atoms with E-state index >= 15 is 0 Å². The number of nitrogens with zero attached hydrogens (tertiary/aromatic N) is 3. The summed E-state index contributed by atoms with van der Waals surface area (Å²) in [6.07, 6.45) is 1.28. The maximum atomic E-state index is 12.7. The van der Waals surface area contributed by atoms with Crippen molar-refractivity contribution in [3.05, 3.63) is 36.0 Å². The summed E-state index contributed by atoms with van der Waals surface area (Å²) in [5.41, 5.74) is 1.26. The van der Waals surface area contributed by atoms with Crippen molar-refractivity contribution in [1.29, 1.82) is 0 Å². The molecule has 6 nitrogen and oxygen atoms in total. The molecular weight excluding hydrogens is 354 g/mol. The molecule has 1 aromatic heterocycles. The lowest BCUT2D eigenvalue weighted by Crippen LogP contribution is -2.34. The number of pyridine rings is 1. The molecule has 1 atom stereocenters. The van der Waals surface area contributed by atoms with Crippen LogP contribution in [0.5, 0.6) is 5.75 Å². The average molecular weight is 386 g/mol. The molecule has 1 amide bonds. The topological polar surface area (TPSA) is 54.9 Å². The molecule has 1 aliphatic rings. The van der Waals surface area contributed by atoms with Gasteiger partial charge in [0.1, 0.15) is 17.5 Å². The van der Waals surface area contributed by atoms with Crippen LogP contribution in [0.2, 0.25) is 0 Å². The normalized spacial score (nSPS) is 17.4. The highest BCUT2D eigenvalue weighted by Crippen LogP contribution is 2.24. The van der Waals surface area contributed by atoms with Crippen molar-refractivity contribution in [3.63, 3.8) is 0 Å². The molecular formula is C22H31N3O3. The third-order valence-electron chi connectivity index (χ3n) is 5.32. The Labute approximate surface area is 167 Å². The van der Waals surface area contributed by atoms with E-state index in [2.05, 4.69) is 23.7 Å². The first kappa shape index (κ1) is 20.6. The molecule has 1 saturated heterocycles. The second-order valence-corrected chi connectivity index (χ2v) is 7.55. The second kappa shape index (κ2) is 9.34. The number of carbonyl (C=O) groups excluding carboxylic acids is 1. The standard InChI is InChI=1S/C22H31N3O3/c1-5-24(12-13-27-4)22(26)21-8-6-17-14-18(7-9-20(17)23-21)28-19-10-11-25(15-19)16(2)3/h6-9,14,16,19H,5,10-13,15H2,1-4H3. The van der Waals surface area contributed by atoms with Gasteiger partial charge in [-0.05, 0) is 51.5 Å². The van der Waals surface area contributed by atoms with Crippen LogP contribution in [0.3, 0.4) is 0 Å². The molecule has 6 heteroatoms. The Balaban J connectivity index is 1.71. The van der Waals surface area contributed by atoms with Crippen molar-refractivity contribution in [3.8, 4) is 5.75 Å². The zero-order valence-electron chi connectivity index (χ0n) is 17.4. The van der Waals surface area contributed by atoms with Crippen LogP contribution in [0, 0.1) is 0 Å². The number of hydrogen-bond donors (Lipinski definition) is 0. The van der Waals surface area contributed by atoms with Gasteiger partial charge < -0.3 is 14.4 Å². The molecule has 28 heavy (non-hydrogen) atoms. The average Bonchev–Trinajstić information content (AvgIpc) is 3.17. The Morgan fingerprint density at radius 2 is 2.14 bits per heavy atom. The van der Waals surface area contributed by atoms with Crippen molar-refractivity contribution >= 4 is 16.8 Å². The van der Waals surface area contributed by atoms with Gasteiger partial charge in [0, 0.05) is 44.7 Å². The second-order valence-electron chi connectivity index (χ2n) is 7.55. The van der Waals surface area contributed by atoms with Crippen LogP contribution in [0.15, 0.2) is 30.3 Å². The van der Waals surface area contributed by atoms with Crippen LogP contribution in [0.1, 0.15) is 37.7 Å². The number of fused-ring (bicyclic) bond motifs is 1. The number of ether oxygens (including phenoxy) is 2. The first-order valence-corrected chi connectivity index (χ1v) is 10.1. The van der Waals surface area contributed by atoms with Crippen LogP contribution in [-0.4, -0.2) is 72.7 Å². The maximum absolute atomic E-state index is 12.7. The largest absolute Gasteiger partial charge is 0.489 e. The lowest BCUT2D eigenvalue weighted by Gasteiger charge is -2.20. The molecule has 1 unspecified atom stereocenters. The van der Waals surface area contributed by atoms with Crippen LogP contribution in [0.25, 0.3) is 10.9 Å². The monoisotopic (exact) mass is 385 g/mol. The van der Waals surface area contributed by atoms with Gasteiger partial charge in [0.2, 0.25) is 0 Å². The minimum absolute atomic E-state index is 0.0680. The van der Waals surface area contributed by atoms with Gasteiger partial charge in [-0.3, -0.25) is 9.69 Å². The van der Waals surface area contributed by atoms with E-state index in [9.17, 15) is 4.79 Å². The van der Waals surface area contributed by atoms with Crippen LogP contribution >= 0.6 is 0 Å². The van der Waals surface area contributed by atoms with E-state index in [1.807, 2.05) is 31.2 Å². The number of rotatable bonds is 8. The van der Waals surface area contributed by atoms with E-state index in [4.69, 9.17) is 9.47 Å². The van der Waals surface area contributed by atoms with Gasteiger partial charge in [0.15, 0.2) is 0 Å². The molecule has 2 aromatic rings. The molecule has 1 aliphatic heterocycles. The van der Waals surface area contributed by atoms with E-state index in [0.717, 1.165) is 36.2 Å². The first-order valence-electron chi connectivity index (χ1n) is 10.1. The number of hydrogen-bond acceptors (Lipinski definition) is 5. The number of carbonyl (C=O) groups is 1. The lowest BCUT2D eigenvalue weighted by atomic mass is 10.2. The number of likely N-dealkylation sites (tertiary alicyclic amines) is 1. The fourth-order valence-corrected chi connectivity index (χ4v) is 3.57. The summed E-state index contributed by atoms with van der Waals surface area (Å²) in [6, 6.07) is 10.2. The SMILES string of the molecule is CCN(CCOC)C(=O)c1ccc2cc(OC3CCN(C(C)C)C3)ccc2n1. The molecule has 0 aliphatic carbocycles. The van der Waals surface area contributed by atoms with E-state index in [1.165, 1.54) is 0 Å². The quantitative estimate of drug-likeness (QED) is 0.698. The van der Waals surface area contributed by atoms with Gasteiger partial charge in [-0.2, -0.15) is 0 Å². The molecule has 0 bridgehead atoms. The van der Waals surface area contributed by atoms with Crippen LogP contribution in [-0.2, 0) is 4.74 Å². The number of amides is 1. The zero-order valence-corrected chi connectivity index (χ0v) is 17.4. The summed E-state index contributed by atoms with van der Waals surface area (Å²) in [6.45, 7) is 10.2. The summed E-state index contributed by atoms with van der Waals surface area (Å²) < 4.78 is 11.3. The van der Waals surface area contributed by atoms with Gasteiger partial charge in [0.05, 0.1) is 12.1 Å². The number of aromatic nitrogens is 1. The van der Waals surface area contributed by atoms with E-state index in [1.54, 1.807) is 18.1 Å². The van der Waals surface area contributed by atoms with E-state index in [-0.39, 0.29) is 12.0 Å². The third-order valence-corrected chi connectivity index (χ3v) is 5.32. The molecule has 2 heterocycles. The Kier molecular flexibility index (Phi) is 6.86. The number of benzene rings is 1. The van der Waals surface area contributed by atoms with Crippen molar-refractivity contribution < 1.29 is 14.3 Å². The molecule has 0 spiro atoms. The molecule has 0 N–H and O–H groups in total. The summed E-state index contributed by atoms with van der Waals surface area (Å²) >= 11 is 0. The van der Waals surface area contributed by atoms with Gasteiger partial charge in [-0.1, -0.05) is 6.07 Å². The molecule has 1 aromatic carbocycles. The third kappa shape index (κ3) is 4.80. The molecule has 0 saturated carbocycles. The van der Waals surface area contributed by atoms with E-state index in [0.29, 0.717) is 31.4 Å². The first-order chi connectivity index (χ1) is 13.5. The van der Waals surface area contributed by atoms with Gasteiger partial charge in [0.25, 0.3) is 5.91 Å². The summed E-state index contributed by atoms with van der Waals surface area (Å²) in [5, 5.41) is 0.979. The Morgan fingerprint density at radius 3 is 2.82 bits per heavy atom.